The molecule has 0 aliphatic rings. The van der Waals surface area contributed by atoms with Crippen molar-refractivity contribution in [2.24, 2.45) is 0 Å². The highest BCUT2D eigenvalue weighted by Crippen LogP contribution is 2.41. The Morgan fingerprint density at radius 1 is 0.506 bits per heavy atom. The van der Waals surface area contributed by atoms with Gasteiger partial charge >= 0.3 is 39.2 Å². The van der Waals surface area contributed by atoms with E-state index in [0.717, 1.165) is 18.2 Å². The van der Waals surface area contributed by atoms with Crippen LogP contribution in [0.4, 0.5) is 22.7 Å². The average molecular weight is 1360 g/mol. The molecule has 4 rings (SSSR count). The monoisotopic (exact) mass is 1360 g/mol. The van der Waals surface area contributed by atoms with Crippen molar-refractivity contribution in [3.8, 4) is 11.5 Å². The quantitative estimate of drug-likeness (QED) is 0.00528. The molecule has 28 nitrogen and oxygen atoms in total. The number of hydrogen-bond acceptors (Lipinski definition) is 20. The van der Waals surface area contributed by atoms with E-state index >= 15 is 0 Å². The molecule has 0 unspecified atom stereocenters. The van der Waals surface area contributed by atoms with E-state index in [2.05, 4.69) is 31.0 Å². The second-order valence-electron chi connectivity index (χ2n) is 19.1. The molecule has 2 amide bonds. The molecule has 87 heavy (non-hydrogen) atoms. The van der Waals surface area contributed by atoms with Gasteiger partial charge in [-0.1, -0.05) is 58.0 Å². The Balaban J connectivity index is 0.000000492. The number of aromatic hydroxyl groups is 1. The standard InChI is InChI=1S/C26H33Cl2N4O10P.C13H8Cl2N2O4.C13H26ClN2O6P/c1-14(2)41-25(34)16(5)30-43(38,31-17(6)26(35)42-15(3)4)40-13-39-23-10-7-18(27)11-20(23)24(33)29-22-9-8-19(32(36)37)12-21(22)28;14-7-1-4-12(18)9(5-7)13(19)16-11-3-2-8(17(20)21)6-10(11)15;1-8(2)21-12(17)10(5)15-23(19,20-7-14)16-11(6)13(18)22-9(3)4/h7-12,14-17H,13H2,1-6H3,(H,29,33)(H2,30,31,38);1-6,18H,(H,16,19);8-11H,7H2,1-6H3,(H2,15,16,19)/t16-,17-;;10-,11-/m0.0/s1. The van der Waals surface area contributed by atoms with Gasteiger partial charge in [-0.25, -0.2) is 20.3 Å². The summed E-state index contributed by atoms with van der Waals surface area (Å²) in [5, 5.41) is 46.6. The summed E-state index contributed by atoms with van der Waals surface area (Å²) in [4.78, 5) is 93.7. The van der Waals surface area contributed by atoms with Crippen LogP contribution < -0.4 is 35.7 Å². The summed E-state index contributed by atoms with van der Waals surface area (Å²) in [7, 11) is -7.97. The lowest BCUT2D eigenvalue weighted by molar-refractivity contribution is -0.385. The molecule has 7 N–H and O–H groups in total. The molecule has 4 aromatic carbocycles. The number of benzene rings is 4. The lowest BCUT2D eigenvalue weighted by atomic mass is 10.1. The Labute approximate surface area is 525 Å². The first kappa shape index (κ1) is 76.9. The van der Waals surface area contributed by atoms with Gasteiger partial charge in [0.05, 0.1) is 66.8 Å². The minimum Gasteiger partial charge on any atom is -0.507 e. The molecule has 0 bridgehead atoms. The van der Waals surface area contributed by atoms with E-state index in [0.29, 0.717) is 0 Å². The van der Waals surface area contributed by atoms with Crippen LogP contribution in [0.1, 0.15) is 104 Å². The summed E-state index contributed by atoms with van der Waals surface area (Å²) in [6.45, 7) is 18.4. The van der Waals surface area contributed by atoms with Crippen molar-refractivity contribution in [3.63, 3.8) is 0 Å². The maximum absolute atomic E-state index is 13.7. The van der Waals surface area contributed by atoms with Gasteiger partial charge in [0.2, 0.25) is 0 Å². The molecule has 0 saturated carbocycles. The molecule has 480 valence electrons. The number of halogens is 5. The zero-order chi connectivity index (χ0) is 66.3. The zero-order valence-corrected chi connectivity index (χ0v) is 54.4. The largest absolute Gasteiger partial charge is 0.507 e. The van der Waals surface area contributed by atoms with Gasteiger partial charge in [0.1, 0.15) is 41.7 Å². The first-order valence-electron chi connectivity index (χ1n) is 25.8. The number of non-ortho nitro benzene ring substituents is 2. The van der Waals surface area contributed by atoms with Crippen LogP contribution in [0.5, 0.6) is 11.5 Å². The number of nitrogens with zero attached hydrogens (tertiary/aromatic N) is 2. The normalized spacial score (nSPS) is 12.7. The first-order valence-corrected chi connectivity index (χ1v) is 31.1. The summed E-state index contributed by atoms with van der Waals surface area (Å²) in [5.41, 5.74) is -0.296. The fourth-order valence-corrected chi connectivity index (χ4v) is 10.8. The first-order chi connectivity index (χ1) is 40.4. The summed E-state index contributed by atoms with van der Waals surface area (Å²) in [5.74, 6) is -4.30. The number of nitro benzene ring substituents is 2. The van der Waals surface area contributed by atoms with Crippen molar-refractivity contribution >= 4 is 132 Å². The number of esters is 4. The number of phenolic OH excluding ortho intramolecular Hbond substituents is 1. The van der Waals surface area contributed by atoms with Gasteiger partial charge in [-0.05, 0) is 132 Å². The zero-order valence-electron chi connectivity index (χ0n) is 48.8. The van der Waals surface area contributed by atoms with Gasteiger partial charge in [-0.2, -0.15) is 0 Å². The van der Waals surface area contributed by atoms with E-state index in [1.54, 1.807) is 55.4 Å². The molecule has 0 heterocycles. The third kappa shape index (κ3) is 27.4. The molecule has 0 saturated heterocycles. The number of nitrogens with one attached hydrogen (secondary N) is 6. The number of hydrogen-bond donors (Lipinski definition) is 7. The van der Waals surface area contributed by atoms with Gasteiger partial charge in [0.15, 0.2) is 6.79 Å². The minimum atomic E-state index is -4.21. The summed E-state index contributed by atoms with van der Waals surface area (Å²) >= 11 is 29.3. The van der Waals surface area contributed by atoms with Crippen molar-refractivity contribution in [2.75, 3.05) is 23.5 Å². The fourth-order valence-electron chi connectivity index (χ4n) is 6.34. The molecule has 4 atom stereocenters. The van der Waals surface area contributed by atoms with Gasteiger partial charge in [-0.3, -0.25) is 67.2 Å². The van der Waals surface area contributed by atoms with Crippen LogP contribution in [0.2, 0.25) is 20.1 Å². The number of amides is 2. The predicted octanol–water partition coefficient (Wildman–Crippen LogP) is 11.5. The van der Waals surface area contributed by atoms with Crippen molar-refractivity contribution in [3.05, 3.63) is 124 Å². The molecule has 0 fully saturated rings. The maximum Gasteiger partial charge on any atom is 0.345 e. The van der Waals surface area contributed by atoms with Crippen LogP contribution in [0, 0.1) is 20.2 Å². The third-order valence-corrected chi connectivity index (χ3v) is 15.4. The van der Waals surface area contributed by atoms with Gasteiger partial charge < -0.3 is 39.4 Å². The van der Waals surface area contributed by atoms with E-state index < -0.39 is 110 Å². The highest BCUT2D eigenvalue weighted by atomic mass is 35.5. The number of anilines is 2. The van der Waals surface area contributed by atoms with Gasteiger partial charge in [0.25, 0.3) is 23.2 Å². The van der Waals surface area contributed by atoms with Crippen LogP contribution in [0.3, 0.4) is 0 Å². The summed E-state index contributed by atoms with van der Waals surface area (Å²) in [6, 6.07) is 10.7. The summed E-state index contributed by atoms with van der Waals surface area (Å²) < 4.78 is 62.7. The Bertz CT molecular complexity index is 3120. The van der Waals surface area contributed by atoms with E-state index in [1.165, 1.54) is 82.3 Å². The van der Waals surface area contributed by atoms with Crippen molar-refractivity contribution in [1.82, 2.24) is 20.3 Å². The summed E-state index contributed by atoms with van der Waals surface area (Å²) in [6.07, 6.45) is -1.51. The van der Waals surface area contributed by atoms with E-state index in [-0.39, 0.29) is 77.7 Å². The average Bonchev–Trinajstić information content (AvgIpc) is 1.87. The molecule has 0 aromatic heterocycles. The minimum absolute atomic E-state index is 0.0130. The highest BCUT2D eigenvalue weighted by Gasteiger charge is 2.35. The molecule has 0 radical (unpaired) electrons. The molecule has 0 spiro atoms. The Kier molecular flexibility index (Phi) is 32.1. The van der Waals surface area contributed by atoms with Crippen molar-refractivity contribution in [2.45, 2.75) is 132 Å². The lowest BCUT2D eigenvalue weighted by Crippen LogP contribution is -2.43. The number of alkyl halides is 1. The van der Waals surface area contributed by atoms with Crippen LogP contribution >= 0.6 is 73.3 Å². The maximum atomic E-state index is 13.7. The fraction of sp³-hybridized carbons (Fsp3) is 0.423. The Hall–Kier alpha value is -6.23. The van der Waals surface area contributed by atoms with Crippen LogP contribution in [0.15, 0.2) is 72.8 Å². The highest BCUT2D eigenvalue weighted by molar-refractivity contribution is 7.55. The lowest BCUT2D eigenvalue weighted by Gasteiger charge is -2.26. The molecule has 0 aliphatic carbocycles. The molecule has 35 heteroatoms. The van der Waals surface area contributed by atoms with Crippen LogP contribution in [0.25, 0.3) is 0 Å². The second-order valence-corrected chi connectivity index (χ2v) is 24.8. The number of carbonyl (C=O) groups is 6. The molecule has 0 aliphatic heterocycles. The SMILES string of the molecule is CC(C)OC(=O)[C@H](C)NP(=O)(N[C@@H](C)C(=O)OC(C)C)OCCl.CC(C)OC(=O)[C@H](C)NP(=O)(N[C@@H](C)C(=O)OC(C)C)OCOc1ccc(Cl)cc1C(=O)Nc1ccc([N+](=O)[O-])cc1Cl.O=C(Nc1ccc([N+](=O)[O-])cc1Cl)c1cc(Cl)ccc1O. The Morgan fingerprint density at radius 3 is 1.17 bits per heavy atom. The second kappa shape index (κ2) is 36.3. The third-order valence-electron chi connectivity index (χ3n) is 10.2. The smallest absolute Gasteiger partial charge is 0.345 e. The van der Waals surface area contributed by atoms with Gasteiger partial charge in [0, 0.05) is 34.3 Å². The molecule has 4 aromatic rings. The topological polar surface area (TPSA) is 380 Å². The Morgan fingerprint density at radius 2 is 0.839 bits per heavy atom. The van der Waals surface area contributed by atoms with Crippen LogP contribution in [-0.4, -0.2) is 112 Å². The van der Waals surface area contributed by atoms with E-state index in [4.69, 9.17) is 90.7 Å². The van der Waals surface area contributed by atoms with Crippen molar-refractivity contribution < 1.29 is 85.6 Å². The predicted molar refractivity (Wildman–Crippen MR) is 326 cm³/mol. The molecular weight excluding hydrogens is 1300 g/mol. The number of ether oxygens (including phenoxy) is 5. The molecular formula is C52H67Cl5N8O20P2. The van der Waals surface area contributed by atoms with Crippen LogP contribution in [-0.2, 0) is 56.3 Å². The number of phenols is 1. The number of carbonyl (C=O) groups excluding carboxylic acids is 6. The van der Waals surface area contributed by atoms with Gasteiger partial charge in [-0.15, -0.1) is 0 Å². The number of rotatable bonds is 28. The van der Waals surface area contributed by atoms with E-state index in [9.17, 15) is 63.2 Å². The van der Waals surface area contributed by atoms with Crippen molar-refractivity contribution in [1.29, 1.82) is 0 Å². The van der Waals surface area contributed by atoms with E-state index in [1.807, 2.05) is 0 Å². The number of nitro groups is 2.